The first-order valence-electron chi connectivity index (χ1n) is 9.63. The van der Waals surface area contributed by atoms with Crippen molar-refractivity contribution in [1.29, 1.82) is 0 Å². The topological polar surface area (TPSA) is 88.2 Å². The minimum Gasteiger partial charge on any atom is -0.347 e. The summed E-state index contributed by atoms with van der Waals surface area (Å²) >= 11 is 1.34. The maximum Gasteiger partial charge on any atom is 0.263 e. The Balaban J connectivity index is 1.77. The second-order valence-corrected chi connectivity index (χ2v) is 10.2. The summed E-state index contributed by atoms with van der Waals surface area (Å²) in [5, 5.41) is 3.73. The van der Waals surface area contributed by atoms with Crippen LogP contribution in [0, 0.1) is 6.92 Å². The molecule has 0 saturated carbocycles. The van der Waals surface area contributed by atoms with Crippen LogP contribution in [0.5, 0.6) is 0 Å². The maximum atomic E-state index is 12.9. The van der Waals surface area contributed by atoms with Crippen molar-refractivity contribution in [1.82, 2.24) is 15.0 Å². The van der Waals surface area contributed by atoms with Gasteiger partial charge in [0.1, 0.15) is 4.88 Å². The van der Waals surface area contributed by atoms with E-state index < -0.39 is 10.0 Å². The van der Waals surface area contributed by atoms with E-state index >= 15 is 0 Å². The van der Waals surface area contributed by atoms with E-state index in [-0.39, 0.29) is 24.2 Å². The number of hydrogen-bond donors (Lipinski definition) is 2. The normalized spacial score (nSPS) is 11.6. The van der Waals surface area contributed by atoms with Gasteiger partial charge in [0.05, 0.1) is 16.5 Å². The molecule has 2 N–H and O–H groups in total. The van der Waals surface area contributed by atoms with Crippen LogP contribution in [0.3, 0.4) is 0 Å². The number of amides is 1. The molecule has 0 fully saturated rings. The van der Waals surface area contributed by atoms with Crippen molar-refractivity contribution >= 4 is 27.3 Å². The molecule has 0 aliphatic heterocycles. The molecule has 8 heteroatoms. The van der Waals surface area contributed by atoms with Crippen molar-refractivity contribution in [3.05, 3.63) is 75.6 Å². The molecule has 158 valence electrons. The van der Waals surface area contributed by atoms with E-state index in [9.17, 15) is 13.2 Å². The molecular formula is C22H25N3O3S2. The smallest absolute Gasteiger partial charge is 0.263 e. The number of benzene rings is 2. The highest BCUT2D eigenvalue weighted by Crippen LogP contribution is 2.28. The first kappa shape index (κ1) is 22.1. The number of hydrogen-bond acceptors (Lipinski definition) is 5. The number of aromatic nitrogens is 1. The zero-order valence-electron chi connectivity index (χ0n) is 17.2. The molecule has 3 aromatic rings. The molecule has 30 heavy (non-hydrogen) atoms. The van der Waals surface area contributed by atoms with E-state index in [0.717, 1.165) is 16.1 Å². The van der Waals surface area contributed by atoms with Gasteiger partial charge in [0.15, 0.2) is 0 Å². The fraction of sp³-hybridized carbons (Fsp3) is 0.273. The van der Waals surface area contributed by atoms with Gasteiger partial charge in [0, 0.05) is 18.2 Å². The van der Waals surface area contributed by atoms with Crippen LogP contribution in [0.25, 0.3) is 11.3 Å². The molecule has 2 aromatic carbocycles. The highest BCUT2D eigenvalue weighted by Gasteiger charge is 2.19. The van der Waals surface area contributed by atoms with E-state index in [1.807, 2.05) is 49.4 Å². The van der Waals surface area contributed by atoms with Crippen LogP contribution in [0.1, 0.15) is 39.7 Å². The van der Waals surface area contributed by atoms with Gasteiger partial charge >= 0.3 is 0 Å². The first-order chi connectivity index (χ1) is 14.2. The summed E-state index contributed by atoms with van der Waals surface area (Å²) in [6, 6.07) is 16.6. The summed E-state index contributed by atoms with van der Waals surface area (Å²) in [4.78, 5) is 18.0. The lowest BCUT2D eigenvalue weighted by atomic mass is 10.1. The van der Waals surface area contributed by atoms with Gasteiger partial charge in [0.2, 0.25) is 10.0 Å². The standard InChI is InChI=1S/C22H25N3O3S2/c1-15(2)25-30(27,28)14-19-12-8-7-11-18(19)13-23-22(26)21-20(24-16(3)29-21)17-9-5-4-6-10-17/h4-12,15,25H,13-14H2,1-3H3,(H,23,26). The lowest BCUT2D eigenvalue weighted by Gasteiger charge is -2.13. The average molecular weight is 444 g/mol. The number of nitrogens with zero attached hydrogens (tertiary/aromatic N) is 1. The Morgan fingerprint density at radius 2 is 1.67 bits per heavy atom. The predicted octanol–water partition coefficient (Wildman–Crippen LogP) is 3.88. The summed E-state index contributed by atoms with van der Waals surface area (Å²) in [5.74, 6) is -0.357. The van der Waals surface area contributed by atoms with Crippen LogP contribution in [0.4, 0.5) is 0 Å². The van der Waals surface area contributed by atoms with E-state index in [4.69, 9.17) is 0 Å². The van der Waals surface area contributed by atoms with Crippen LogP contribution in [-0.4, -0.2) is 25.4 Å². The molecule has 1 heterocycles. The number of aryl methyl sites for hydroxylation is 1. The molecule has 0 spiro atoms. The van der Waals surface area contributed by atoms with Gasteiger partial charge in [-0.3, -0.25) is 4.79 Å². The van der Waals surface area contributed by atoms with Crippen LogP contribution < -0.4 is 10.0 Å². The van der Waals surface area contributed by atoms with Crippen molar-refractivity contribution < 1.29 is 13.2 Å². The Morgan fingerprint density at radius 3 is 2.33 bits per heavy atom. The SMILES string of the molecule is Cc1nc(-c2ccccc2)c(C(=O)NCc2ccccc2CS(=O)(=O)NC(C)C)s1. The zero-order valence-corrected chi connectivity index (χ0v) is 18.8. The highest BCUT2D eigenvalue weighted by atomic mass is 32.2. The molecule has 0 bridgehead atoms. The van der Waals surface area contributed by atoms with Gasteiger partial charge in [-0.05, 0) is 31.9 Å². The fourth-order valence-corrected chi connectivity index (χ4v) is 5.45. The third-order valence-electron chi connectivity index (χ3n) is 4.31. The van der Waals surface area contributed by atoms with Gasteiger partial charge < -0.3 is 5.32 Å². The molecule has 6 nitrogen and oxygen atoms in total. The quantitative estimate of drug-likeness (QED) is 0.553. The Hall–Kier alpha value is -2.55. The number of thiazole rings is 1. The summed E-state index contributed by atoms with van der Waals surface area (Å²) in [6.07, 6.45) is 0. The Labute approximate surface area is 181 Å². The van der Waals surface area contributed by atoms with Gasteiger partial charge in [-0.1, -0.05) is 54.6 Å². The van der Waals surface area contributed by atoms with Gasteiger partial charge in [-0.15, -0.1) is 11.3 Å². The molecule has 0 unspecified atom stereocenters. The van der Waals surface area contributed by atoms with E-state index in [2.05, 4.69) is 15.0 Å². The molecule has 0 saturated heterocycles. The third-order valence-corrected chi connectivity index (χ3v) is 6.80. The second kappa shape index (κ2) is 9.51. The van der Waals surface area contributed by atoms with Gasteiger partial charge in [-0.2, -0.15) is 0 Å². The third kappa shape index (κ3) is 5.75. The number of carbonyl (C=O) groups is 1. The number of nitrogens with one attached hydrogen (secondary N) is 2. The molecule has 1 amide bonds. The zero-order chi connectivity index (χ0) is 21.7. The molecule has 0 radical (unpaired) electrons. The molecular weight excluding hydrogens is 418 g/mol. The van der Waals surface area contributed by atoms with Crippen LogP contribution in [-0.2, 0) is 22.3 Å². The molecule has 0 aliphatic carbocycles. The van der Waals surface area contributed by atoms with E-state index in [0.29, 0.717) is 16.1 Å². The fourth-order valence-electron chi connectivity index (χ4n) is 3.10. The lowest BCUT2D eigenvalue weighted by molar-refractivity contribution is 0.0955. The van der Waals surface area contributed by atoms with Gasteiger partial charge in [-0.25, -0.2) is 18.1 Å². The monoisotopic (exact) mass is 443 g/mol. The predicted molar refractivity (Wildman–Crippen MR) is 121 cm³/mol. The van der Waals surface area contributed by atoms with E-state index in [1.165, 1.54) is 11.3 Å². The Morgan fingerprint density at radius 1 is 1.03 bits per heavy atom. The summed E-state index contributed by atoms with van der Waals surface area (Å²) < 4.78 is 27.2. The molecule has 1 aromatic heterocycles. The van der Waals surface area contributed by atoms with Crippen LogP contribution >= 0.6 is 11.3 Å². The average Bonchev–Trinajstić information content (AvgIpc) is 3.08. The molecule has 0 aliphatic rings. The second-order valence-electron chi connectivity index (χ2n) is 7.26. The van der Waals surface area contributed by atoms with E-state index in [1.54, 1.807) is 26.0 Å². The Bertz CT molecular complexity index is 1120. The van der Waals surface area contributed by atoms with Crippen molar-refractivity contribution in [2.45, 2.75) is 39.1 Å². The van der Waals surface area contributed by atoms with Crippen molar-refractivity contribution in [2.24, 2.45) is 0 Å². The largest absolute Gasteiger partial charge is 0.347 e. The van der Waals surface area contributed by atoms with Crippen LogP contribution in [0.2, 0.25) is 0 Å². The highest BCUT2D eigenvalue weighted by molar-refractivity contribution is 7.88. The number of carbonyl (C=O) groups excluding carboxylic acids is 1. The van der Waals surface area contributed by atoms with Crippen molar-refractivity contribution in [3.63, 3.8) is 0 Å². The lowest BCUT2D eigenvalue weighted by Crippen LogP contribution is -2.31. The molecule has 3 rings (SSSR count). The first-order valence-corrected chi connectivity index (χ1v) is 12.1. The summed E-state index contributed by atoms with van der Waals surface area (Å²) in [7, 11) is -3.46. The molecule has 0 atom stereocenters. The number of sulfonamides is 1. The maximum absolute atomic E-state index is 12.9. The minimum absolute atomic E-state index is 0.133. The minimum atomic E-state index is -3.46. The van der Waals surface area contributed by atoms with Crippen LogP contribution in [0.15, 0.2) is 54.6 Å². The summed E-state index contributed by atoms with van der Waals surface area (Å²) in [5.41, 5.74) is 2.98. The Kier molecular flexibility index (Phi) is 7.02. The van der Waals surface area contributed by atoms with Crippen molar-refractivity contribution in [3.8, 4) is 11.3 Å². The number of rotatable bonds is 8. The summed E-state index contributed by atoms with van der Waals surface area (Å²) in [6.45, 7) is 5.67. The van der Waals surface area contributed by atoms with Crippen molar-refractivity contribution in [2.75, 3.05) is 0 Å². The van der Waals surface area contributed by atoms with Gasteiger partial charge in [0.25, 0.3) is 5.91 Å².